The van der Waals surface area contributed by atoms with E-state index in [0.29, 0.717) is 0 Å². The van der Waals surface area contributed by atoms with E-state index in [1.54, 1.807) is 12.1 Å². The molecule has 7 nitrogen and oxygen atoms in total. The molecule has 0 saturated carbocycles. The molecule has 2 aromatic carbocycles. The van der Waals surface area contributed by atoms with E-state index in [9.17, 15) is 18.0 Å². The highest BCUT2D eigenvalue weighted by Gasteiger charge is 2.23. The summed E-state index contributed by atoms with van der Waals surface area (Å²) in [6.07, 6.45) is 0. The fourth-order valence-corrected chi connectivity index (χ4v) is 3.67. The monoisotopic (exact) mass is 459 g/mol. The van der Waals surface area contributed by atoms with Crippen molar-refractivity contribution < 1.29 is 18.0 Å². The predicted molar refractivity (Wildman–Crippen MR) is 103 cm³/mol. The first-order valence-corrected chi connectivity index (χ1v) is 9.83. The van der Waals surface area contributed by atoms with Gasteiger partial charge in [-0.3, -0.25) is 9.59 Å². The zero-order valence-electron chi connectivity index (χ0n) is 13.6. The Hall–Kier alpha value is -1.94. The van der Waals surface area contributed by atoms with Gasteiger partial charge in [-0.2, -0.15) is 4.31 Å². The van der Waals surface area contributed by atoms with E-state index in [-0.39, 0.29) is 21.2 Å². The highest BCUT2D eigenvalue weighted by molar-refractivity contribution is 9.10. The van der Waals surface area contributed by atoms with Gasteiger partial charge in [-0.05, 0) is 42.5 Å². The van der Waals surface area contributed by atoms with E-state index >= 15 is 0 Å². The average molecular weight is 461 g/mol. The number of anilines is 1. The van der Waals surface area contributed by atoms with E-state index in [1.165, 1.54) is 37.4 Å². The van der Waals surface area contributed by atoms with Gasteiger partial charge < -0.3 is 11.1 Å². The summed E-state index contributed by atoms with van der Waals surface area (Å²) >= 11 is 9.08. The van der Waals surface area contributed by atoms with Crippen LogP contribution in [0.15, 0.2) is 51.8 Å². The molecular formula is C16H15BrClN3O4S. The maximum absolute atomic E-state index is 12.5. The Bertz CT molecular complexity index is 948. The van der Waals surface area contributed by atoms with Crippen LogP contribution in [0.25, 0.3) is 0 Å². The summed E-state index contributed by atoms with van der Waals surface area (Å²) < 4.78 is 26.6. The standard InChI is InChI=1S/C16H15BrClN3O4S/c1-21(26(24,25)12-5-2-10(17)3-6-12)9-15(22)20-11-4-7-14(18)13(8-11)16(19)23/h2-8H,9H2,1H3,(H2,19,23)(H,20,22). The number of hydrogen-bond acceptors (Lipinski definition) is 4. The first-order valence-electron chi connectivity index (χ1n) is 7.22. The number of primary amides is 1. The van der Waals surface area contributed by atoms with Crippen molar-refractivity contribution in [2.45, 2.75) is 4.90 Å². The lowest BCUT2D eigenvalue weighted by atomic mass is 10.2. The molecule has 0 heterocycles. The number of sulfonamides is 1. The number of nitrogens with two attached hydrogens (primary N) is 1. The molecule has 0 fully saturated rings. The number of likely N-dealkylation sites (N-methyl/N-ethyl adjacent to an activating group) is 1. The summed E-state index contributed by atoms with van der Waals surface area (Å²) in [7, 11) is -2.52. The highest BCUT2D eigenvalue weighted by atomic mass is 79.9. The topological polar surface area (TPSA) is 110 Å². The lowest BCUT2D eigenvalue weighted by Gasteiger charge is -2.17. The van der Waals surface area contributed by atoms with Gasteiger partial charge in [0, 0.05) is 17.2 Å². The number of carbonyl (C=O) groups excluding carboxylic acids is 2. The van der Waals surface area contributed by atoms with E-state index in [1.807, 2.05) is 0 Å². The van der Waals surface area contributed by atoms with Crippen LogP contribution in [-0.4, -0.2) is 38.1 Å². The summed E-state index contributed by atoms with van der Waals surface area (Å²) in [5.41, 5.74) is 5.54. The normalized spacial score (nSPS) is 11.4. The zero-order chi connectivity index (χ0) is 19.5. The Kier molecular flexibility index (Phi) is 6.40. The molecule has 0 aliphatic carbocycles. The van der Waals surface area contributed by atoms with E-state index in [2.05, 4.69) is 21.2 Å². The molecule has 0 aliphatic rings. The number of benzene rings is 2. The van der Waals surface area contributed by atoms with Crippen LogP contribution in [0, 0.1) is 0 Å². The van der Waals surface area contributed by atoms with Gasteiger partial charge in [0.05, 0.1) is 22.0 Å². The number of carbonyl (C=O) groups is 2. The van der Waals surface area contributed by atoms with Gasteiger partial charge in [0.25, 0.3) is 0 Å². The lowest BCUT2D eigenvalue weighted by Crippen LogP contribution is -2.35. The van der Waals surface area contributed by atoms with Crippen LogP contribution in [0.5, 0.6) is 0 Å². The molecule has 0 bridgehead atoms. The summed E-state index contributed by atoms with van der Waals surface area (Å²) in [4.78, 5) is 23.5. The molecular weight excluding hydrogens is 446 g/mol. The molecule has 10 heteroatoms. The summed E-state index contributed by atoms with van der Waals surface area (Å²) in [5.74, 6) is -1.31. The van der Waals surface area contributed by atoms with Crippen molar-refractivity contribution in [1.29, 1.82) is 0 Å². The highest BCUT2D eigenvalue weighted by Crippen LogP contribution is 2.21. The Morgan fingerprint density at radius 3 is 2.38 bits per heavy atom. The summed E-state index contributed by atoms with van der Waals surface area (Å²) in [6.45, 7) is -0.410. The minimum atomic E-state index is -3.81. The molecule has 0 saturated heterocycles. The molecule has 0 aliphatic heterocycles. The van der Waals surface area contributed by atoms with Gasteiger partial charge in [-0.1, -0.05) is 27.5 Å². The Morgan fingerprint density at radius 1 is 1.19 bits per heavy atom. The Morgan fingerprint density at radius 2 is 1.81 bits per heavy atom. The third kappa shape index (κ3) is 4.82. The van der Waals surface area contributed by atoms with Crippen molar-refractivity contribution >= 4 is 55.1 Å². The molecule has 2 amide bonds. The van der Waals surface area contributed by atoms with Gasteiger partial charge in [0.1, 0.15) is 0 Å². The number of nitrogens with zero attached hydrogens (tertiary/aromatic N) is 1. The largest absolute Gasteiger partial charge is 0.366 e. The molecule has 0 aromatic heterocycles. The van der Waals surface area contributed by atoms with Gasteiger partial charge in [-0.15, -0.1) is 0 Å². The molecule has 3 N–H and O–H groups in total. The van der Waals surface area contributed by atoms with E-state index < -0.39 is 28.4 Å². The smallest absolute Gasteiger partial charge is 0.250 e. The Balaban J connectivity index is 2.11. The van der Waals surface area contributed by atoms with Crippen molar-refractivity contribution in [1.82, 2.24) is 4.31 Å². The van der Waals surface area contributed by atoms with Crippen LogP contribution in [0.4, 0.5) is 5.69 Å². The first-order chi connectivity index (χ1) is 12.1. The molecule has 26 heavy (non-hydrogen) atoms. The van der Waals surface area contributed by atoms with Crippen molar-refractivity contribution in [3.05, 3.63) is 57.5 Å². The summed E-state index contributed by atoms with van der Waals surface area (Å²) in [5, 5.41) is 2.67. The second-order valence-corrected chi connectivity index (χ2v) is 8.69. The van der Waals surface area contributed by atoms with Crippen molar-refractivity contribution in [2.75, 3.05) is 18.9 Å². The number of nitrogens with one attached hydrogen (secondary N) is 1. The van der Waals surface area contributed by atoms with Crippen LogP contribution in [-0.2, 0) is 14.8 Å². The molecule has 138 valence electrons. The number of halogens is 2. The van der Waals surface area contributed by atoms with Gasteiger partial charge in [0.15, 0.2) is 0 Å². The first kappa shape index (κ1) is 20.4. The van der Waals surface area contributed by atoms with Gasteiger partial charge >= 0.3 is 0 Å². The number of hydrogen-bond donors (Lipinski definition) is 2. The minimum absolute atomic E-state index is 0.0558. The fourth-order valence-electron chi connectivity index (χ4n) is 2.07. The van der Waals surface area contributed by atoms with Crippen LogP contribution >= 0.6 is 27.5 Å². The summed E-state index contributed by atoms with van der Waals surface area (Å²) in [6, 6.07) is 10.3. The van der Waals surface area contributed by atoms with Crippen LogP contribution in [0.1, 0.15) is 10.4 Å². The molecule has 2 aromatic rings. The van der Waals surface area contributed by atoms with Gasteiger partial charge in [0.2, 0.25) is 21.8 Å². The van der Waals surface area contributed by atoms with E-state index in [4.69, 9.17) is 17.3 Å². The molecule has 0 spiro atoms. The van der Waals surface area contributed by atoms with Crippen LogP contribution in [0.2, 0.25) is 5.02 Å². The molecule has 0 radical (unpaired) electrons. The van der Waals surface area contributed by atoms with E-state index in [0.717, 1.165) is 8.78 Å². The van der Waals surface area contributed by atoms with Crippen molar-refractivity contribution in [2.24, 2.45) is 5.73 Å². The maximum atomic E-state index is 12.5. The van der Waals surface area contributed by atoms with Crippen molar-refractivity contribution in [3.8, 4) is 0 Å². The minimum Gasteiger partial charge on any atom is -0.366 e. The zero-order valence-corrected chi connectivity index (χ0v) is 16.7. The lowest BCUT2D eigenvalue weighted by molar-refractivity contribution is -0.116. The van der Waals surface area contributed by atoms with Crippen LogP contribution < -0.4 is 11.1 Å². The quantitative estimate of drug-likeness (QED) is 0.690. The molecule has 0 unspecified atom stereocenters. The third-order valence-corrected chi connectivity index (χ3v) is 6.08. The van der Waals surface area contributed by atoms with Crippen molar-refractivity contribution in [3.63, 3.8) is 0 Å². The predicted octanol–water partition coefficient (Wildman–Crippen LogP) is 2.46. The second-order valence-electron chi connectivity index (χ2n) is 5.32. The van der Waals surface area contributed by atoms with Gasteiger partial charge in [-0.25, -0.2) is 8.42 Å². The third-order valence-electron chi connectivity index (χ3n) is 3.40. The molecule has 0 atom stereocenters. The second kappa shape index (κ2) is 8.17. The maximum Gasteiger partial charge on any atom is 0.250 e. The SMILES string of the molecule is CN(CC(=O)Nc1ccc(Cl)c(C(N)=O)c1)S(=O)(=O)c1ccc(Br)cc1. The average Bonchev–Trinajstić information content (AvgIpc) is 2.56. The number of amides is 2. The number of rotatable bonds is 6. The molecule has 2 rings (SSSR count). The Labute approximate surface area is 164 Å². The van der Waals surface area contributed by atoms with Crippen LogP contribution in [0.3, 0.4) is 0 Å². The fraction of sp³-hybridized carbons (Fsp3) is 0.125.